The van der Waals surface area contributed by atoms with Crippen molar-refractivity contribution in [1.82, 2.24) is 4.90 Å². The molecular weight excluding hydrogens is 538 g/mol. The minimum Gasteiger partial charge on any atom is -0.465 e. The fourth-order valence-electron chi connectivity index (χ4n) is 3.84. The van der Waals surface area contributed by atoms with Crippen LogP contribution in [0.15, 0.2) is 51.8 Å². The summed E-state index contributed by atoms with van der Waals surface area (Å²) in [4.78, 5) is 51.1. The highest BCUT2D eigenvalue weighted by molar-refractivity contribution is 8.18. The molecule has 2 amide bonds. The van der Waals surface area contributed by atoms with E-state index in [1.165, 1.54) is 38.5 Å². The van der Waals surface area contributed by atoms with E-state index in [1.807, 2.05) is 0 Å². The first kappa shape index (κ1) is 25.4. The van der Waals surface area contributed by atoms with Gasteiger partial charge in [-0.2, -0.15) is 0 Å². The highest BCUT2D eigenvalue weighted by Gasteiger charge is 2.36. The van der Waals surface area contributed by atoms with E-state index in [9.17, 15) is 19.2 Å². The first-order chi connectivity index (χ1) is 18.3. The van der Waals surface area contributed by atoms with Crippen LogP contribution in [0.3, 0.4) is 0 Å². The molecule has 0 spiro atoms. The number of carbonyl (C=O) groups excluding carboxylic acids is 4. The average molecular weight is 556 g/mol. The lowest BCUT2D eigenvalue weighted by atomic mass is 10.0. The van der Waals surface area contributed by atoms with Gasteiger partial charge in [0.1, 0.15) is 11.5 Å². The summed E-state index contributed by atoms with van der Waals surface area (Å²) in [6, 6.07) is 10.8. The number of furan rings is 1. The van der Waals surface area contributed by atoms with Crippen LogP contribution in [-0.4, -0.2) is 49.0 Å². The molecule has 0 radical (unpaired) electrons. The molecule has 2 aromatic carbocycles. The maximum Gasteiger partial charge on any atom is 0.337 e. The van der Waals surface area contributed by atoms with Gasteiger partial charge in [0.05, 0.1) is 36.8 Å². The van der Waals surface area contributed by atoms with Gasteiger partial charge in [0.25, 0.3) is 11.1 Å². The van der Waals surface area contributed by atoms with Gasteiger partial charge in [-0.15, -0.1) is 0 Å². The van der Waals surface area contributed by atoms with Crippen LogP contribution in [0.25, 0.3) is 17.4 Å². The summed E-state index contributed by atoms with van der Waals surface area (Å²) in [6.07, 6.45) is 1.45. The highest BCUT2D eigenvalue weighted by Crippen LogP contribution is 2.39. The third-order valence-corrected chi connectivity index (χ3v) is 6.96. The molecular formula is C26H18ClNO9S. The Hall–Kier alpha value is -4.22. The minimum atomic E-state index is -0.639. The molecule has 0 aliphatic carbocycles. The zero-order valence-electron chi connectivity index (χ0n) is 19.9. The molecule has 2 aliphatic heterocycles. The SMILES string of the molecule is COC(=O)c1cc(C(=O)OC)cc(-c2ccc(/C=C3/SC(=O)N(Cc4cc5c(cc4Cl)OCO5)C3=O)o2)c1. The van der Waals surface area contributed by atoms with Crippen LogP contribution < -0.4 is 9.47 Å². The highest BCUT2D eigenvalue weighted by atomic mass is 35.5. The summed E-state index contributed by atoms with van der Waals surface area (Å²) in [5.74, 6) is -0.195. The Morgan fingerprint density at radius 3 is 2.32 bits per heavy atom. The third kappa shape index (κ3) is 4.85. The van der Waals surface area contributed by atoms with Gasteiger partial charge in [-0.05, 0) is 53.7 Å². The molecule has 38 heavy (non-hydrogen) atoms. The molecule has 0 bridgehead atoms. The number of amides is 2. The lowest BCUT2D eigenvalue weighted by Crippen LogP contribution is -2.27. The van der Waals surface area contributed by atoms with Crippen molar-refractivity contribution in [1.29, 1.82) is 0 Å². The number of thioether (sulfide) groups is 1. The van der Waals surface area contributed by atoms with Crippen LogP contribution in [0.4, 0.5) is 4.79 Å². The lowest BCUT2D eigenvalue weighted by molar-refractivity contribution is -0.123. The molecule has 194 valence electrons. The molecule has 0 saturated carbocycles. The van der Waals surface area contributed by atoms with Crippen molar-refractivity contribution in [2.24, 2.45) is 0 Å². The predicted molar refractivity (Wildman–Crippen MR) is 136 cm³/mol. The molecule has 0 unspecified atom stereocenters. The van der Waals surface area contributed by atoms with Crippen molar-refractivity contribution >= 4 is 52.5 Å². The maximum absolute atomic E-state index is 13.0. The van der Waals surface area contributed by atoms with Gasteiger partial charge in [0, 0.05) is 22.7 Å². The summed E-state index contributed by atoms with van der Waals surface area (Å²) in [5, 5.41) is -0.122. The van der Waals surface area contributed by atoms with E-state index in [0.717, 1.165) is 16.7 Å². The third-order valence-electron chi connectivity index (χ3n) is 5.70. The Morgan fingerprint density at radius 1 is 1.00 bits per heavy atom. The van der Waals surface area contributed by atoms with Gasteiger partial charge >= 0.3 is 11.9 Å². The minimum absolute atomic E-state index is 0.0441. The Labute approximate surface area is 225 Å². The fraction of sp³-hybridized carbons (Fsp3) is 0.154. The van der Waals surface area contributed by atoms with Gasteiger partial charge in [0.15, 0.2) is 11.5 Å². The number of halogens is 1. The molecule has 3 heterocycles. The van der Waals surface area contributed by atoms with Crippen LogP contribution in [0.2, 0.25) is 5.02 Å². The first-order valence-corrected chi connectivity index (χ1v) is 12.2. The van der Waals surface area contributed by atoms with E-state index in [4.69, 9.17) is 35.0 Å². The number of hydrogen-bond donors (Lipinski definition) is 0. The second kappa shape index (κ2) is 10.3. The normalized spacial score (nSPS) is 15.3. The number of benzene rings is 2. The molecule has 10 nitrogen and oxygen atoms in total. The summed E-state index contributed by atoms with van der Waals surface area (Å²) in [5.41, 5.74) is 1.21. The second-order valence-corrected chi connectivity index (χ2v) is 9.45. The van der Waals surface area contributed by atoms with Crippen LogP contribution in [0.1, 0.15) is 32.0 Å². The van der Waals surface area contributed by atoms with E-state index >= 15 is 0 Å². The molecule has 5 rings (SSSR count). The van der Waals surface area contributed by atoms with E-state index in [1.54, 1.807) is 24.3 Å². The summed E-state index contributed by atoms with van der Waals surface area (Å²) < 4.78 is 26.0. The van der Waals surface area contributed by atoms with Crippen LogP contribution >= 0.6 is 23.4 Å². The molecule has 3 aromatic rings. The lowest BCUT2D eigenvalue weighted by Gasteiger charge is -2.14. The molecule has 0 N–H and O–H groups in total. The standard InChI is InChI=1S/C26H18ClNO9S/c1-33-24(30)14-5-13(6-15(7-14)25(31)34-2)19-4-3-17(37-19)9-22-23(29)28(26(32)38-22)11-16-8-20-21(10-18(16)27)36-12-35-20/h3-10H,11-12H2,1-2H3/b22-9+. The summed E-state index contributed by atoms with van der Waals surface area (Å²) in [6.45, 7) is 0.0268. The number of rotatable bonds is 6. The largest absolute Gasteiger partial charge is 0.465 e. The fourth-order valence-corrected chi connectivity index (χ4v) is 4.87. The number of ether oxygens (including phenoxy) is 4. The van der Waals surface area contributed by atoms with E-state index in [0.29, 0.717) is 33.4 Å². The topological polar surface area (TPSA) is 122 Å². The Bertz CT molecular complexity index is 1490. The summed E-state index contributed by atoms with van der Waals surface area (Å²) >= 11 is 7.08. The number of nitrogens with zero attached hydrogens (tertiary/aromatic N) is 1. The first-order valence-electron chi connectivity index (χ1n) is 11.0. The molecule has 1 saturated heterocycles. The van der Waals surface area contributed by atoms with Crippen molar-refractivity contribution in [3.05, 3.63) is 74.8 Å². The van der Waals surface area contributed by atoms with Crippen LogP contribution in [0, 0.1) is 0 Å². The molecule has 12 heteroatoms. The Kier molecular flexibility index (Phi) is 6.87. The zero-order chi connectivity index (χ0) is 27.0. The molecule has 1 aromatic heterocycles. The van der Waals surface area contributed by atoms with Crippen molar-refractivity contribution in [3.63, 3.8) is 0 Å². The van der Waals surface area contributed by atoms with Crippen molar-refractivity contribution in [2.45, 2.75) is 6.54 Å². The number of carbonyl (C=O) groups is 4. The van der Waals surface area contributed by atoms with E-state index in [2.05, 4.69) is 0 Å². The number of fused-ring (bicyclic) bond motifs is 1. The maximum atomic E-state index is 13.0. The number of imide groups is 1. The predicted octanol–water partition coefficient (Wildman–Crippen LogP) is 5.14. The van der Waals surface area contributed by atoms with E-state index < -0.39 is 23.1 Å². The van der Waals surface area contributed by atoms with Crippen LogP contribution in [-0.2, 0) is 20.8 Å². The molecule has 2 aliphatic rings. The van der Waals surface area contributed by atoms with Crippen molar-refractivity contribution in [2.75, 3.05) is 21.0 Å². The number of esters is 2. The summed E-state index contributed by atoms with van der Waals surface area (Å²) in [7, 11) is 2.46. The van der Waals surface area contributed by atoms with Crippen LogP contribution in [0.5, 0.6) is 11.5 Å². The smallest absolute Gasteiger partial charge is 0.337 e. The molecule has 1 fully saturated rings. The molecule has 0 atom stereocenters. The average Bonchev–Trinajstić information content (AvgIpc) is 3.64. The monoisotopic (exact) mass is 555 g/mol. The van der Waals surface area contributed by atoms with Gasteiger partial charge in [0.2, 0.25) is 6.79 Å². The Morgan fingerprint density at radius 2 is 1.66 bits per heavy atom. The van der Waals surface area contributed by atoms with Gasteiger partial charge in [-0.3, -0.25) is 14.5 Å². The second-order valence-electron chi connectivity index (χ2n) is 8.05. The number of methoxy groups -OCH3 is 2. The van der Waals surface area contributed by atoms with Crippen molar-refractivity contribution < 1.29 is 42.5 Å². The van der Waals surface area contributed by atoms with Gasteiger partial charge in [-0.1, -0.05) is 11.6 Å². The Balaban J connectivity index is 1.39. The number of hydrogen-bond acceptors (Lipinski definition) is 10. The van der Waals surface area contributed by atoms with Crippen molar-refractivity contribution in [3.8, 4) is 22.8 Å². The van der Waals surface area contributed by atoms with Gasteiger partial charge < -0.3 is 23.4 Å². The quantitative estimate of drug-likeness (QED) is 0.298. The van der Waals surface area contributed by atoms with Gasteiger partial charge in [-0.25, -0.2) is 9.59 Å². The van der Waals surface area contributed by atoms with E-state index in [-0.39, 0.29) is 35.1 Å². The zero-order valence-corrected chi connectivity index (χ0v) is 21.5.